The quantitative estimate of drug-likeness (QED) is 0.665. The van der Waals surface area contributed by atoms with Gasteiger partial charge in [-0.15, -0.1) is 0 Å². The first-order valence-electron chi connectivity index (χ1n) is 3.53. The molecule has 3 nitrogen and oxygen atoms in total. The summed E-state index contributed by atoms with van der Waals surface area (Å²) in [7, 11) is 0. The maximum atomic E-state index is 9.94. The average Bonchev–Trinajstić information content (AvgIpc) is 2.15. The lowest BCUT2D eigenvalue weighted by molar-refractivity contribution is -0.109. The topological polar surface area (TPSA) is 52.9 Å². The van der Waals surface area contributed by atoms with Crippen molar-refractivity contribution in [2.24, 2.45) is 0 Å². The zero-order chi connectivity index (χ0) is 8.81. The summed E-state index contributed by atoms with van der Waals surface area (Å²) in [6, 6.07) is 9.10. The number of carbonyl (C=O) groups excluding carboxylic acids is 1. The summed E-state index contributed by atoms with van der Waals surface area (Å²) in [6.45, 7) is 0.509. The van der Waals surface area contributed by atoms with Crippen LogP contribution >= 0.6 is 0 Å². The largest absolute Gasteiger partial charge is 0.355 e. The van der Waals surface area contributed by atoms with E-state index in [1.54, 1.807) is 12.1 Å². The van der Waals surface area contributed by atoms with Crippen molar-refractivity contribution in [1.82, 2.24) is 5.32 Å². The van der Waals surface area contributed by atoms with Gasteiger partial charge in [-0.25, -0.2) is 0 Å². The predicted molar refractivity (Wildman–Crippen MR) is 44.1 cm³/mol. The number of hydrogen-bond acceptors (Lipinski definition) is 2. The standard InChI is InChI=1S/C9H8N2O/c10-5-8-1-3-9(4-2-8)6-11-7-12/h1-4,7H,6H2,(H,11,12). The summed E-state index contributed by atoms with van der Waals surface area (Å²) in [4.78, 5) is 9.94. The Morgan fingerprint density at radius 3 is 2.58 bits per heavy atom. The average molecular weight is 160 g/mol. The van der Waals surface area contributed by atoms with Crippen molar-refractivity contribution >= 4 is 6.41 Å². The van der Waals surface area contributed by atoms with Gasteiger partial charge in [0, 0.05) is 6.54 Å². The second-order valence-corrected chi connectivity index (χ2v) is 2.31. The molecule has 0 spiro atoms. The number of nitrogens with zero attached hydrogens (tertiary/aromatic N) is 1. The lowest BCUT2D eigenvalue weighted by Gasteiger charge is -1.98. The Bertz CT molecular complexity index is 297. The highest BCUT2D eigenvalue weighted by molar-refractivity contribution is 5.46. The Labute approximate surface area is 70.6 Å². The van der Waals surface area contributed by atoms with Crippen molar-refractivity contribution < 1.29 is 4.79 Å². The summed E-state index contributed by atoms with van der Waals surface area (Å²) in [6.07, 6.45) is 0.651. The molecule has 0 aliphatic carbocycles. The van der Waals surface area contributed by atoms with Gasteiger partial charge in [0.1, 0.15) is 0 Å². The van der Waals surface area contributed by atoms with Crippen molar-refractivity contribution in [3.8, 4) is 6.07 Å². The van der Waals surface area contributed by atoms with Gasteiger partial charge in [-0.1, -0.05) is 12.1 Å². The van der Waals surface area contributed by atoms with Crippen LogP contribution in [0.4, 0.5) is 0 Å². The first-order chi connectivity index (χ1) is 5.86. The molecule has 1 N–H and O–H groups in total. The number of carbonyl (C=O) groups is 1. The molecule has 0 radical (unpaired) electrons. The van der Waals surface area contributed by atoms with Crippen LogP contribution in [0, 0.1) is 11.3 Å². The molecule has 0 aliphatic rings. The Balaban J connectivity index is 2.66. The number of benzene rings is 1. The number of rotatable bonds is 3. The van der Waals surface area contributed by atoms with E-state index in [9.17, 15) is 4.79 Å². The molecule has 1 rings (SSSR count). The molecular formula is C9H8N2O. The monoisotopic (exact) mass is 160 g/mol. The zero-order valence-corrected chi connectivity index (χ0v) is 6.45. The van der Waals surface area contributed by atoms with Crippen molar-refractivity contribution in [3.63, 3.8) is 0 Å². The van der Waals surface area contributed by atoms with Crippen LogP contribution in [0.15, 0.2) is 24.3 Å². The number of nitrogens with one attached hydrogen (secondary N) is 1. The number of amides is 1. The van der Waals surface area contributed by atoms with Gasteiger partial charge in [0.25, 0.3) is 0 Å². The molecule has 12 heavy (non-hydrogen) atoms. The van der Waals surface area contributed by atoms with E-state index in [2.05, 4.69) is 5.32 Å². The van der Waals surface area contributed by atoms with Gasteiger partial charge >= 0.3 is 0 Å². The van der Waals surface area contributed by atoms with Crippen molar-refractivity contribution in [2.75, 3.05) is 0 Å². The molecule has 1 aromatic rings. The van der Waals surface area contributed by atoms with Crippen LogP contribution in [-0.4, -0.2) is 6.41 Å². The fraction of sp³-hybridized carbons (Fsp3) is 0.111. The van der Waals surface area contributed by atoms with Crippen LogP contribution in [-0.2, 0) is 11.3 Å². The minimum Gasteiger partial charge on any atom is -0.355 e. The van der Waals surface area contributed by atoms with E-state index in [1.165, 1.54) is 0 Å². The normalized spacial score (nSPS) is 8.58. The molecule has 0 heterocycles. The maximum absolute atomic E-state index is 9.94. The van der Waals surface area contributed by atoms with Crippen LogP contribution < -0.4 is 5.32 Å². The summed E-state index contributed by atoms with van der Waals surface area (Å²) in [5.41, 5.74) is 1.62. The number of nitriles is 1. The molecule has 1 aromatic carbocycles. The Hall–Kier alpha value is -1.82. The minimum atomic E-state index is 0.509. The Morgan fingerprint density at radius 1 is 1.42 bits per heavy atom. The zero-order valence-electron chi connectivity index (χ0n) is 6.45. The third kappa shape index (κ3) is 2.10. The summed E-state index contributed by atoms with van der Waals surface area (Å²) >= 11 is 0. The summed E-state index contributed by atoms with van der Waals surface area (Å²) in [5.74, 6) is 0. The van der Waals surface area contributed by atoms with E-state index < -0.39 is 0 Å². The van der Waals surface area contributed by atoms with Gasteiger partial charge in [0.2, 0.25) is 6.41 Å². The van der Waals surface area contributed by atoms with E-state index in [0.29, 0.717) is 18.5 Å². The van der Waals surface area contributed by atoms with Crippen LogP contribution in [0.25, 0.3) is 0 Å². The van der Waals surface area contributed by atoms with Crippen LogP contribution in [0.5, 0.6) is 0 Å². The third-order valence-electron chi connectivity index (χ3n) is 1.47. The molecule has 0 fully saturated rings. The van der Waals surface area contributed by atoms with Gasteiger partial charge in [-0.3, -0.25) is 4.79 Å². The second-order valence-electron chi connectivity index (χ2n) is 2.31. The Kier molecular flexibility index (Phi) is 2.86. The fourth-order valence-corrected chi connectivity index (χ4v) is 0.857. The molecule has 0 aromatic heterocycles. The SMILES string of the molecule is N#Cc1ccc(CNC=O)cc1. The Morgan fingerprint density at radius 2 is 2.08 bits per heavy atom. The lowest BCUT2D eigenvalue weighted by Crippen LogP contribution is -2.09. The van der Waals surface area contributed by atoms with Crippen LogP contribution in [0.2, 0.25) is 0 Å². The first-order valence-corrected chi connectivity index (χ1v) is 3.53. The van der Waals surface area contributed by atoms with Crippen molar-refractivity contribution in [3.05, 3.63) is 35.4 Å². The van der Waals surface area contributed by atoms with Gasteiger partial charge in [-0.05, 0) is 17.7 Å². The van der Waals surface area contributed by atoms with Crippen LogP contribution in [0.3, 0.4) is 0 Å². The molecule has 0 atom stereocenters. The highest BCUT2D eigenvalue weighted by Gasteiger charge is 1.91. The van der Waals surface area contributed by atoms with Crippen molar-refractivity contribution in [1.29, 1.82) is 5.26 Å². The summed E-state index contributed by atoms with van der Waals surface area (Å²) < 4.78 is 0. The first kappa shape index (κ1) is 8.28. The van der Waals surface area contributed by atoms with E-state index in [1.807, 2.05) is 18.2 Å². The maximum Gasteiger partial charge on any atom is 0.207 e. The second kappa shape index (κ2) is 4.14. The predicted octanol–water partition coefficient (Wildman–Crippen LogP) is 0.804. The van der Waals surface area contributed by atoms with Crippen LogP contribution in [0.1, 0.15) is 11.1 Å². The van der Waals surface area contributed by atoms with Gasteiger partial charge in [-0.2, -0.15) is 5.26 Å². The van der Waals surface area contributed by atoms with Crippen molar-refractivity contribution in [2.45, 2.75) is 6.54 Å². The van der Waals surface area contributed by atoms with Gasteiger partial charge in [0.15, 0.2) is 0 Å². The van der Waals surface area contributed by atoms with E-state index >= 15 is 0 Å². The molecule has 0 bridgehead atoms. The molecule has 60 valence electrons. The number of hydrogen-bond donors (Lipinski definition) is 1. The molecule has 0 saturated heterocycles. The lowest BCUT2D eigenvalue weighted by atomic mass is 10.1. The van der Waals surface area contributed by atoms with E-state index in [4.69, 9.17) is 5.26 Å². The highest BCUT2D eigenvalue weighted by Crippen LogP contribution is 2.01. The van der Waals surface area contributed by atoms with E-state index in [0.717, 1.165) is 5.56 Å². The smallest absolute Gasteiger partial charge is 0.207 e. The minimum absolute atomic E-state index is 0.509. The molecule has 0 unspecified atom stereocenters. The molecule has 1 amide bonds. The molecule has 3 heteroatoms. The third-order valence-corrected chi connectivity index (χ3v) is 1.47. The van der Waals surface area contributed by atoms with Gasteiger partial charge in [0.05, 0.1) is 11.6 Å². The molecule has 0 aliphatic heterocycles. The highest BCUT2D eigenvalue weighted by atomic mass is 16.1. The van der Waals surface area contributed by atoms with E-state index in [-0.39, 0.29) is 0 Å². The molecular weight excluding hydrogens is 152 g/mol. The summed E-state index contributed by atoms with van der Waals surface area (Å²) in [5, 5.41) is 11.0. The van der Waals surface area contributed by atoms with Gasteiger partial charge < -0.3 is 5.32 Å². The molecule has 0 saturated carbocycles. The fourth-order valence-electron chi connectivity index (χ4n) is 0.857.